The number of nitrogens with two attached hydrogens (primary N) is 1. The maximum absolute atomic E-state index is 8.98. The Kier molecular flexibility index (Phi) is 3.21. The number of aromatic nitrogens is 2. The number of benzene rings is 1. The molecule has 0 amide bonds. The average Bonchev–Trinajstić information content (AvgIpc) is 2.29. The van der Waals surface area contributed by atoms with E-state index >= 15 is 0 Å². The van der Waals surface area contributed by atoms with Crippen LogP contribution in [0.15, 0.2) is 34.9 Å². The lowest BCUT2D eigenvalue weighted by atomic mass is 10.2. The second-order valence-electron chi connectivity index (χ2n) is 3.23. The molecule has 2 aromatic rings. The van der Waals surface area contributed by atoms with Gasteiger partial charge in [-0.25, -0.2) is 4.98 Å². The number of hydrogen-bond acceptors (Lipinski definition) is 5. The van der Waals surface area contributed by atoms with Crippen LogP contribution in [-0.4, -0.2) is 9.97 Å². The molecule has 6 heteroatoms. The van der Waals surface area contributed by atoms with Gasteiger partial charge in [0.05, 0.1) is 11.3 Å². The molecule has 5 nitrogen and oxygen atoms in total. The van der Waals surface area contributed by atoms with Crippen molar-refractivity contribution in [3.63, 3.8) is 0 Å². The van der Waals surface area contributed by atoms with Crippen molar-refractivity contribution in [3.8, 4) is 6.07 Å². The zero-order valence-electron chi connectivity index (χ0n) is 8.68. The van der Waals surface area contributed by atoms with Crippen molar-refractivity contribution in [2.24, 2.45) is 0 Å². The third-order valence-electron chi connectivity index (χ3n) is 2.04. The van der Waals surface area contributed by atoms with Crippen molar-refractivity contribution in [1.82, 2.24) is 9.97 Å². The van der Waals surface area contributed by atoms with Gasteiger partial charge in [-0.2, -0.15) is 10.2 Å². The molecule has 0 aliphatic rings. The lowest BCUT2D eigenvalue weighted by Gasteiger charge is -2.07. The minimum Gasteiger partial charge on any atom is -0.368 e. The number of hydrogen-bond donors (Lipinski definition) is 2. The van der Waals surface area contributed by atoms with Crippen LogP contribution in [-0.2, 0) is 0 Å². The number of nitriles is 1. The van der Waals surface area contributed by atoms with Crippen LogP contribution in [0.1, 0.15) is 5.56 Å². The monoisotopic (exact) mass is 289 g/mol. The molecule has 0 radical (unpaired) electrons. The summed E-state index contributed by atoms with van der Waals surface area (Å²) in [6.07, 6.45) is 1.55. The molecule has 1 aromatic carbocycles. The highest BCUT2D eigenvalue weighted by Crippen LogP contribution is 2.23. The van der Waals surface area contributed by atoms with Crippen molar-refractivity contribution in [2.75, 3.05) is 11.1 Å². The van der Waals surface area contributed by atoms with Crippen LogP contribution in [0, 0.1) is 11.3 Å². The minimum atomic E-state index is 0.184. The van der Waals surface area contributed by atoms with Crippen LogP contribution in [0.4, 0.5) is 17.5 Å². The van der Waals surface area contributed by atoms with Gasteiger partial charge >= 0.3 is 0 Å². The van der Waals surface area contributed by atoms with Gasteiger partial charge in [-0.15, -0.1) is 0 Å². The summed E-state index contributed by atoms with van der Waals surface area (Å²) in [7, 11) is 0. The van der Waals surface area contributed by atoms with Crippen molar-refractivity contribution in [1.29, 1.82) is 5.26 Å². The van der Waals surface area contributed by atoms with Crippen LogP contribution in [0.25, 0.3) is 0 Å². The van der Waals surface area contributed by atoms with Gasteiger partial charge in [0, 0.05) is 10.7 Å². The average molecular weight is 290 g/mol. The summed E-state index contributed by atoms with van der Waals surface area (Å²) in [4.78, 5) is 7.80. The molecule has 0 bridgehead atoms. The van der Waals surface area contributed by atoms with Crippen LogP contribution in [0.3, 0.4) is 0 Å². The number of halogens is 1. The lowest BCUT2D eigenvalue weighted by Crippen LogP contribution is -2.00. The highest BCUT2D eigenvalue weighted by molar-refractivity contribution is 9.10. The quantitative estimate of drug-likeness (QED) is 0.887. The van der Waals surface area contributed by atoms with Gasteiger partial charge in [-0.1, -0.05) is 15.9 Å². The topological polar surface area (TPSA) is 87.6 Å². The molecule has 0 atom stereocenters. The first-order chi connectivity index (χ1) is 8.19. The zero-order valence-corrected chi connectivity index (χ0v) is 10.3. The molecule has 3 N–H and O–H groups in total. The van der Waals surface area contributed by atoms with E-state index in [4.69, 9.17) is 11.0 Å². The highest BCUT2D eigenvalue weighted by atomic mass is 79.9. The second-order valence-corrected chi connectivity index (χ2v) is 4.14. The predicted octanol–water partition coefficient (Wildman–Crippen LogP) is 2.44. The van der Waals surface area contributed by atoms with Crippen molar-refractivity contribution in [2.45, 2.75) is 0 Å². The molecular formula is C11H8BrN5. The first kappa shape index (κ1) is 11.4. The normalized spacial score (nSPS) is 9.65. The Labute approximate surface area is 106 Å². The van der Waals surface area contributed by atoms with Gasteiger partial charge in [-0.3, -0.25) is 0 Å². The summed E-state index contributed by atoms with van der Waals surface area (Å²) in [5, 5.41) is 12.0. The van der Waals surface area contributed by atoms with E-state index in [-0.39, 0.29) is 5.95 Å². The van der Waals surface area contributed by atoms with Gasteiger partial charge in [0.15, 0.2) is 0 Å². The summed E-state index contributed by atoms with van der Waals surface area (Å²) < 4.78 is 0.876. The minimum absolute atomic E-state index is 0.184. The van der Waals surface area contributed by atoms with E-state index < -0.39 is 0 Å². The Hall–Kier alpha value is -2.13. The Morgan fingerprint density at radius 1 is 1.35 bits per heavy atom. The third kappa shape index (κ3) is 2.71. The number of nitrogens with one attached hydrogen (secondary N) is 1. The Balaban J connectivity index is 2.36. The first-order valence-electron chi connectivity index (χ1n) is 4.74. The largest absolute Gasteiger partial charge is 0.368 e. The van der Waals surface area contributed by atoms with Crippen LogP contribution < -0.4 is 11.1 Å². The van der Waals surface area contributed by atoms with E-state index in [1.165, 1.54) is 0 Å². The van der Waals surface area contributed by atoms with Gasteiger partial charge < -0.3 is 11.1 Å². The van der Waals surface area contributed by atoms with E-state index in [1.54, 1.807) is 30.5 Å². The number of rotatable bonds is 2. The van der Waals surface area contributed by atoms with Crippen molar-refractivity contribution in [3.05, 3.63) is 40.5 Å². The van der Waals surface area contributed by atoms with E-state index in [0.717, 1.165) is 4.47 Å². The summed E-state index contributed by atoms with van der Waals surface area (Å²) in [5.41, 5.74) is 6.68. The van der Waals surface area contributed by atoms with Crippen molar-refractivity contribution >= 4 is 33.4 Å². The van der Waals surface area contributed by atoms with E-state index in [0.29, 0.717) is 17.1 Å². The maximum Gasteiger partial charge on any atom is 0.221 e. The fourth-order valence-corrected chi connectivity index (χ4v) is 1.66. The fourth-order valence-electron chi connectivity index (χ4n) is 1.30. The fraction of sp³-hybridized carbons (Fsp3) is 0. The lowest BCUT2D eigenvalue weighted by molar-refractivity contribution is 1.18. The summed E-state index contributed by atoms with van der Waals surface area (Å²) in [6, 6.07) is 9.10. The summed E-state index contributed by atoms with van der Waals surface area (Å²) >= 11 is 3.35. The molecular weight excluding hydrogens is 282 g/mol. The molecule has 0 saturated heterocycles. The number of nitrogens with zero attached hydrogens (tertiary/aromatic N) is 3. The second kappa shape index (κ2) is 4.80. The molecule has 0 aliphatic carbocycles. The number of nitrogen functional groups attached to an aromatic ring is 1. The number of anilines is 3. The van der Waals surface area contributed by atoms with E-state index in [9.17, 15) is 0 Å². The van der Waals surface area contributed by atoms with E-state index in [1.807, 2.05) is 0 Å². The zero-order chi connectivity index (χ0) is 12.3. The molecule has 17 heavy (non-hydrogen) atoms. The Bertz CT molecular complexity index is 591. The molecule has 1 aromatic heterocycles. The Morgan fingerprint density at radius 2 is 2.18 bits per heavy atom. The van der Waals surface area contributed by atoms with Crippen LogP contribution in [0.2, 0.25) is 0 Å². The van der Waals surface area contributed by atoms with Gasteiger partial charge in [0.25, 0.3) is 0 Å². The maximum atomic E-state index is 8.98. The third-order valence-corrected chi connectivity index (χ3v) is 2.53. The van der Waals surface area contributed by atoms with Gasteiger partial charge in [0.2, 0.25) is 5.95 Å². The molecule has 2 rings (SSSR count). The van der Waals surface area contributed by atoms with Gasteiger partial charge in [-0.05, 0) is 24.3 Å². The Morgan fingerprint density at radius 3 is 2.88 bits per heavy atom. The predicted molar refractivity (Wildman–Crippen MR) is 68.6 cm³/mol. The molecule has 0 aliphatic heterocycles. The molecule has 1 heterocycles. The summed E-state index contributed by atoms with van der Waals surface area (Å²) in [5.74, 6) is 0.732. The molecule has 0 saturated carbocycles. The van der Waals surface area contributed by atoms with Crippen LogP contribution >= 0.6 is 15.9 Å². The molecule has 0 unspecified atom stereocenters. The molecule has 0 fully saturated rings. The molecule has 84 valence electrons. The summed E-state index contributed by atoms with van der Waals surface area (Å²) in [6.45, 7) is 0. The first-order valence-corrected chi connectivity index (χ1v) is 5.53. The van der Waals surface area contributed by atoms with Gasteiger partial charge in [0.1, 0.15) is 11.9 Å². The standard InChI is InChI=1S/C11H8BrN5/c12-8-2-1-7(6-13)9(5-8)16-10-3-4-15-11(14)17-10/h1-5H,(H3,14,15,16,17). The SMILES string of the molecule is N#Cc1ccc(Br)cc1Nc1ccnc(N)n1. The smallest absolute Gasteiger partial charge is 0.221 e. The molecule has 0 spiro atoms. The van der Waals surface area contributed by atoms with E-state index in [2.05, 4.69) is 37.3 Å². The van der Waals surface area contributed by atoms with Crippen LogP contribution in [0.5, 0.6) is 0 Å². The van der Waals surface area contributed by atoms with Crippen molar-refractivity contribution < 1.29 is 0 Å². The highest BCUT2D eigenvalue weighted by Gasteiger charge is 2.04.